The van der Waals surface area contributed by atoms with Crippen molar-refractivity contribution in [3.05, 3.63) is 5.82 Å². The van der Waals surface area contributed by atoms with Crippen LogP contribution in [0, 0.1) is 5.92 Å². The normalized spacial score (nSPS) is 17.9. The molecule has 29 heavy (non-hydrogen) atoms. The van der Waals surface area contributed by atoms with E-state index in [1.54, 1.807) is 0 Å². The van der Waals surface area contributed by atoms with E-state index in [4.69, 9.17) is 0 Å². The van der Waals surface area contributed by atoms with Crippen molar-refractivity contribution in [2.45, 2.75) is 45.4 Å². The second kappa shape index (κ2) is 12.5. The first-order valence-corrected chi connectivity index (χ1v) is 11.3. The van der Waals surface area contributed by atoms with Crippen LogP contribution in [-0.2, 0) is 11.2 Å². The van der Waals surface area contributed by atoms with Gasteiger partial charge in [0, 0.05) is 70.7 Å². The Labute approximate surface area is 195 Å². The van der Waals surface area contributed by atoms with E-state index in [0.717, 1.165) is 49.5 Å². The van der Waals surface area contributed by atoms with Gasteiger partial charge in [-0.3, -0.25) is 9.79 Å². The van der Waals surface area contributed by atoms with Crippen molar-refractivity contribution in [2.24, 2.45) is 10.9 Å². The van der Waals surface area contributed by atoms with Crippen LogP contribution in [0.25, 0.3) is 0 Å². The molecule has 1 saturated heterocycles. The van der Waals surface area contributed by atoms with E-state index < -0.39 is 0 Å². The van der Waals surface area contributed by atoms with Crippen molar-refractivity contribution in [1.82, 2.24) is 24.9 Å². The SMILES string of the molecule is CCc1nsc(N2CCN(C(=NC)NCCNC(=O)CC3CCCC3)CC2)n1.I. The zero-order valence-electron chi connectivity index (χ0n) is 17.5. The number of halogens is 1. The zero-order chi connectivity index (χ0) is 19.8. The summed E-state index contributed by atoms with van der Waals surface area (Å²) < 4.78 is 4.38. The number of nitrogens with one attached hydrogen (secondary N) is 2. The number of carbonyl (C=O) groups is 1. The number of aliphatic imine (C=N–C) groups is 1. The number of nitrogens with zero attached hydrogens (tertiary/aromatic N) is 5. The van der Waals surface area contributed by atoms with Crippen molar-refractivity contribution in [3.8, 4) is 0 Å². The van der Waals surface area contributed by atoms with Crippen LogP contribution < -0.4 is 15.5 Å². The van der Waals surface area contributed by atoms with Crippen LogP contribution in [0.1, 0.15) is 44.9 Å². The highest BCUT2D eigenvalue weighted by Crippen LogP contribution is 2.27. The summed E-state index contributed by atoms with van der Waals surface area (Å²) in [6, 6.07) is 0. The Morgan fingerprint density at radius 3 is 2.48 bits per heavy atom. The predicted molar refractivity (Wildman–Crippen MR) is 129 cm³/mol. The third kappa shape index (κ3) is 7.23. The Morgan fingerprint density at radius 2 is 1.86 bits per heavy atom. The molecule has 0 unspecified atom stereocenters. The molecule has 1 amide bonds. The van der Waals surface area contributed by atoms with E-state index >= 15 is 0 Å². The number of guanidine groups is 1. The average Bonchev–Trinajstić information content (AvgIpc) is 3.40. The lowest BCUT2D eigenvalue weighted by atomic mass is 10.0. The summed E-state index contributed by atoms with van der Waals surface area (Å²) in [6.45, 7) is 7.03. The third-order valence-corrected chi connectivity index (χ3v) is 6.33. The molecule has 8 nitrogen and oxygen atoms in total. The van der Waals surface area contributed by atoms with Gasteiger partial charge in [-0.05, 0) is 18.8 Å². The van der Waals surface area contributed by atoms with Gasteiger partial charge in [0.05, 0.1) is 0 Å². The molecule has 2 heterocycles. The summed E-state index contributed by atoms with van der Waals surface area (Å²) in [6.07, 6.45) is 6.54. The molecule has 1 aromatic rings. The molecular weight excluding hydrogens is 501 g/mol. The summed E-state index contributed by atoms with van der Waals surface area (Å²) in [4.78, 5) is 25.6. The Bertz CT molecular complexity index is 655. The van der Waals surface area contributed by atoms with Crippen molar-refractivity contribution in [2.75, 3.05) is 51.2 Å². The van der Waals surface area contributed by atoms with E-state index in [-0.39, 0.29) is 29.9 Å². The summed E-state index contributed by atoms with van der Waals surface area (Å²) in [5.74, 6) is 2.60. The van der Waals surface area contributed by atoms with Gasteiger partial charge in [-0.2, -0.15) is 4.37 Å². The molecule has 0 bridgehead atoms. The zero-order valence-corrected chi connectivity index (χ0v) is 20.7. The Morgan fingerprint density at radius 1 is 1.17 bits per heavy atom. The number of aryl methyl sites for hydroxylation is 1. The molecule has 0 spiro atoms. The summed E-state index contributed by atoms with van der Waals surface area (Å²) in [5.41, 5.74) is 0. The quantitative estimate of drug-likeness (QED) is 0.241. The molecule has 1 aromatic heterocycles. The topological polar surface area (TPSA) is 85.8 Å². The molecule has 2 fully saturated rings. The predicted octanol–water partition coefficient (Wildman–Crippen LogP) is 2.11. The highest BCUT2D eigenvalue weighted by molar-refractivity contribution is 14.0. The summed E-state index contributed by atoms with van der Waals surface area (Å²) in [7, 11) is 1.81. The monoisotopic (exact) mass is 535 g/mol. The van der Waals surface area contributed by atoms with Gasteiger partial charge in [-0.15, -0.1) is 24.0 Å². The fourth-order valence-corrected chi connectivity index (χ4v) is 4.68. The van der Waals surface area contributed by atoms with Crippen LogP contribution >= 0.6 is 35.5 Å². The number of hydrogen-bond donors (Lipinski definition) is 2. The minimum absolute atomic E-state index is 0. The van der Waals surface area contributed by atoms with Gasteiger partial charge in [0.15, 0.2) is 5.96 Å². The fraction of sp³-hybridized carbons (Fsp3) is 0.789. The van der Waals surface area contributed by atoms with Crippen LogP contribution in [0.2, 0.25) is 0 Å². The van der Waals surface area contributed by atoms with Crippen LogP contribution in [0.5, 0.6) is 0 Å². The lowest BCUT2D eigenvalue weighted by molar-refractivity contribution is -0.121. The fourth-order valence-electron chi connectivity index (χ4n) is 3.88. The molecule has 164 valence electrons. The second-order valence-electron chi connectivity index (χ2n) is 7.50. The van der Waals surface area contributed by atoms with Crippen LogP contribution in [0.3, 0.4) is 0 Å². The first-order valence-electron chi connectivity index (χ1n) is 10.5. The molecule has 0 atom stereocenters. The molecule has 2 aliphatic rings. The number of piperazine rings is 1. The van der Waals surface area contributed by atoms with Gasteiger partial charge >= 0.3 is 0 Å². The molecule has 1 aliphatic carbocycles. The van der Waals surface area contributed by atoms with Gasteiger partial charge in [0.1, 0.15) is 5.82 Å². The molecule has 10 heteroatoms. The van der Waals surface area contributed by atoms with Gasteiger partial charge in [0.2, 0.25) is 11.0 Å². The maximum atomic E-state index is 12.0. The average molecular weight is 536 g/mol. The first-order chi connectivity index (χ1) is 13.7. The number of rotatable bonds is 7. The Hall–Kier alpha value is -1.17. The van der Waals surface area contributed by atoms with Crippen molar-refractivity contribution < 1.29 is 4.79 Å². The molecule has 1 saturated carbocycles. The van der Waals surface area contributed by atoms with Gasteiger partial charge in [-0.25, -0.2) is 4.98 Å². The molecule has 1 aliphatic heterocycles. The Kier molecular flexibility index (Phi) is 10.4. The number of amides is 1. The molecule has 2 N–H and O–H groups in total. The van der Waals surface area contributed by atoms with Crippen molar-refractivity contribution >= 4 is 52.5 Å². The molecule has 0 radical (unpaired) electrons. The van der Waals surface area contributed by atoms with Gasteiger partial charge in [0.25, 0.3) is 0 Å². The largest absolute Gasteiger partial charge is 0.354 e. The smallest absolute Gasteiger partial charge is 0.220 e. The van der Waals surface area contributed by atoms with E-state index in [2.05, 4.69) is 41.7 Å². The van der Waals surface area contributed by atoms with Crippen LogP contribution in [-0.4, -0.2) is 72.4 Å². The van der Waals surface area contributed by atoms with Gasteiger partial charge in [-0.1, -0.05) is 19.8 Å². The minimum atomic E-state index is 0. The van der Waals surface area contributed by atoms with Crippen molar-refractivity contribution in [1.29, 1.82) is 0 Å². The van der Waals surface area contributed by atoms with Crippen molar-refractivity contribution in [3.63, 3.8) is 0 Å². The third-order valence-electron chi connectivity index (χ3n) is 5.51. The van der Waals surface area contributed by atoms with E-state index in [1.807, 2.05) is 7.05 Å². The number of anilines is 1. The number of hydrogen-bond acceptors (Lipinski definition) is 6. The summed E-state index contributed by atoms with van der Waals surface area (Å²) in [5, 5.41) is 7.42. The first kappa shape index (κ1) is 24.1. The van der Waals surface area contributed by atoms with E-state index in [0.29, 0.717) is 25.4 Å². The Balaban J connectivity index is 0.00000300. The van der Waals surface area contributed by atoms with E-state index in [1.165, 1.54) is 37.2 Å². The molecular formula is C19H34IN7OS. The van der Waals surface area contributed by atoms with Crippen LogP contribution in [0.4, 0.5) is 5.13 Å². The lowest BCUT2D eigenvalue weighted by Crippen LogP contribution is -2.53. The second-order valence-corrected chi connectivity index (χ2v) is 8.23. The maximum absolute atomic E-state index is 12.0. The van der Waals surface area contributed by atoms with Gasteiger partial charge < -0.3 is 20.4 Å². The molecule has 3 rings (SSSR count). The highest BCUT2D eigenvalue weighted by Gasteiger charge is 2.22. The summed E-state index contributed by atoms with van der Waals surface area (Å²) >= 11 is 1.49. The highest BCUT2D eigenvalue weighted by atomic mass is 127. The number of aromatic nitrogens is 2. The van der Waals surface area contributed by atoms with E-state index in [9.17, 15) is 4.79 Å². The minimum Gasteiger partial charge on any atom is -0.354 e. The lowest BCUT2D eigenvalue weighted by Gasteiger charge is -2.36. The number of carbonyl (C=O) groups excluding carboxylic acids is 1. The standard InChI is InChI=1S/C19H33N7OS.HI/c1-3-16-23-19(28-24-16)26-12-10-25(11-13-26)18(20-2)22-9-8-21-17(27)14-15-6-4-5-7-15;/h15H,3-14H2,1-2H3,(H,20,22)(H,21,27);1H. The maximum Gasteiger partial charge on any atom is 0.220 e. The van der Waals surface area contributed by atoms with Crippen LogP contribution in [0.15, 0.2) is 4.99 Å². The molecule has 0 aromatic carbocycles.